The topological polar surface area (TPSA) is 102 Å². The van der Waals surface area contributed by atoms with Crippen LogP contribution < -0.4 is 5.32 Å². The minimum atomic E-state index is -0.727. The van der Waals surface area contributed by atoms with Gasteiger partial charge < -0.3 is 19.9 Å². The monoisotopic (exact) mass is 597 g/mol. The minimum absolute atomic E-state index is 0.0335. The molecule has 0 fully saturated rings. The average Bonchev–Trinajstić information content (AvgIpc) is 2.95. The summed E-state index contributed by atoms with van der Waals surface area (Å²) in [6.07, 6.45) is 24.7. The van der Waals surface area contributed by atoms with Gasteiger partial charge >= 0.3 is 17.9 Å². The second kappa shape index (κ2) is 30.8. The van der Waals surface area contributed by atoms with Gasteiger partial charge in [-0.05, 0) is 70.9 Å². The highest BCUT2D eigenvalue weighted by Gasteiger charge is 2.15. The molecule has 0 aliphatic heterocycles. The van der Waals surface area contributed by atoms with Gasteiger partial charge in [-0.1, -0.05) is 104 Å². The van der Waals surface area contributed by atoms with Crippen molar-refractivity contribution < 1.29 is 29.0 Å². The van der Waals surface area contributed by atoms with E-state index in [-0.39, 0.29) is 24.5 Å². The lowest BCUT2D eigenvalue weighted by Crippen LogP contribution is -2.19. The number of aliphatic carboxylic acids is 1. The zero-order valence-corrected chi connectivity index (χ0v) is 27.7. The van der Waals surface area contributed by atoms with E-state index in [1.807, 2.05) is 7.05 Å². The van der Waals surface area contributed by atoms with Gasteiger partial charge in [-0.25, -0.2) is 0 Å². The predicted octanol–water partition coefficient (Wildman–Crippen LogP) is 9.15. The highest BCUT2D eigenvalue weighted by Crippen LogP contribution is 2.21. The van der Waals surface area contributed by atoms with Crippen LogP contribution in [0.15, 0.2) is 0 Å². The molecule has 0 aromatic heterocycles. The molecule has 0 aromatic rings. The van der Waals surface area contributed by atoms with Gasteiger partial charge in [0.2, 0.25) is 0 Å². The van der Waals surface area contributed by atoms with Crippen LogP contribution in [0.2, 0.25) is 0 Å². The lowest BCUT2D eigenvalue weighted by atomic mass is 9.92. The van der Waals surface area contributed by atoms with Crippen molar-refractivity contribution in [2.75, 3.05) is 20.2 Å². The summed E-state index contributed by atoms with van der Waals surface area (Å²) in [5.74, 6) is -0.196. The van der Waals surface area contributed by atoms with Crippen LogP contribution in [0.3, 0.4) is 0 Å². The number of carboxylic acids is 1. The number of carbonyl (C=O) groups is 3. The first-order chi connectivity index (χ1) is 20.4. The van der Waals surface area contributed by atoms with Crippen LogP contribution >= 0.6 is 0 Å². The normalized spacial score (nSPS) is 12.0. The van der Waals surface area contributed by atoms with Crippen molar-refractivity contribution in [1.82, 2.24) is 5.32 Å². The van der Waals surface area contributed by atoms with Crippen molar-refractivity contribution in [3.05, 3.63) is 0 Å². The third-order valence-electron chi connectivity index (χ3n) is 8.15. The Balaban J connectivity index is 4.13. The SMILES string of the molecule is CCCCCC(CCCCC)CCOC(=O)CCCCCCCC(CCCCCCCC(=O)O)OC(=O)CCCNC. The largest absolute Gasteiger partial charge is 0.481 e. The Morgan fingerprint density at radius 3 is 1.64 bits per heavy atom. The summed E-state index contributed by atoms with van der Waals surface area (Å²) >= 11 is 0. The number of ether oxygens (including phenoxy) is 2. The maximum atomic E-state index is 12.3. The maximum Gasteiger partial charge on any atom is 0.306 e. The van der Waals surface area contributed by atoms with Gasteiger partial charge in [0.25, 0.3) is 0 Å². The number of hydrogen-bond acceptors (Lipinski definition) is 6. The van der Waals surface area contributed by atoms with Gasteiger partial charge in [0.1, 0.15) is 6.10 Å². The van der Waals surface area contributed by atoms with E-state index >= 15 is 0 Å². The molecule has 0 aromatic carbocycles. The van der Waals surface area contributed by atoms with Crippen molar-refractivity contribution in [1.29, 1.82) is 0 Å². The van der Waals surface area contributed by atoms with Crippen LogP contribution in [0.1, 0.15) is 174 Å². The smallest absolute Gasteiger partial charge is 0.306 e. The van der Waals surface area contributed by atoms with Crippen LogP contribution in [0.5, 0.6) is 0 Å². The van der Waals surface area contributed by atoms with Gasteiger partial charge in [-0.2, -0.15) is 0 Å². The lowest BCUT2D eigenvalue weighted by Gasteiger charge is -2.18. The van der Waals surface area contributed by atoms with Crippen molar-refractivity contribution in [2.24, 2.45) is 5.92 Å². The molecule has 0 saturated heterocycles. The number of rotatable bonds is 32. The number of unbranched alkanes of at least 4 members (excludes halogenated alkanes) is 12. The molecule has 7 heteroatoms. The molecule has 0 rings (SSSR count). The quantitative estimate of drug-likeness (QED) is 0.0589. The van der Waals surface area contributed by atoms with E-state index in [0.29, 0.717) is 25.4 Å². The summed E-state index contributed by atoms with van der Waals surface area (Å²) in [7, 11) is 1.88. The Hall–Kier alpha value is -1.63. The van der Waals surface area contributed by atoms with Crippen LogP contribution in [-0.2, 0) is 23.9 Å². The van der Waals surface area contributed by atoms with Crippen molar-refractivity contribution in [3.63, 3.8) is 0 Å². The zero-order chi connectivity index (χ0) is 31.1. The van der Waals surface area contributed by atoms with E-state index in [4.69, 9.17) is 14.6 Å². The van der Waals surface area contributed by atoms with Crippen LogP contribution in [0.4, 0.5) is 0 Å². The number of nitrogens with one attached hydrogen (secondary N) is 1. The molecule has 7 nitrogen and oxygen atoms in total. The van der Waals surface area contributed by atoms with Gasteiger partial charge in [0.05, 0.1) is 6.61 Å². The number of hydrogen-bond donors (Lipinski definition) is 2. The Morgan fingerprint density at radius 2 is 1.10 bits per heavy atom. The highest BCUT2D eigenvalue weighted by molar-refractivity contribution is 5.69. The third kappa shape index (κ3) is 28.5. The summed E-state index contributed by atoms with van der Waals surface area (Å²) in [5, 5.41) is 11.8. The summed E-state index contributed by atoms with van der Waals surface area (Å²) in [4.78, 5) is 35.2. The number of carboxylic acid groups (broad SMARTS) is 1. The van der Waals surface area contributed by atoms with E-state index in [9.17, 15) is 14.4 Å². The standard InChI is InChI=1S/C35H67NO6/c1-4-6-14-21-31(22-15-7-5-2)28-30-41-34(39)26-19-13-9-11-17-24-32(42-35(40)27-20-29-36-3)23-16-10-8-12-18-25-33(37)38/h31-32,36H,4-30H2,1-3H3,(H,37,38). The molecule has 0 saturated carbocycles. The van der Waals surface area contributed by atoms with Crippen molar-refractivity contribution in [2.45, 2.75) is 180 Å². The summed E-state index contributed by atoms with van der Waals surface area (Å²) in [5.41, 5.74) is 0. The fraction of sp³-hybridized carbons (Fsp3) is 0.914. The molecule has 2 N–H and O–H groups in total. The number of carbonyl (C=O) groups excluding carboxylic acids is 2. The maximum absolute atomic E-state index is 12.3. The fourth-order valence-electron chi connectivity index (χ4n) is 5.48. The predicted molar refractivity (Wildman–Crippen MR) is 173 cm³/mol. The molecule has 1 atom stereocenters. The molecule has 0 heterocycles. The second-order valence-corrected chi connectivity index (χ2v) is 12.2. The Morgan fingerprint density at radius 1 is 0.595 bits per heavy atom. The third-order valence-corrected chi connectivity index (χ3v) is 8.15. The van der Waals surface area contributed by atoms with Gasteiger partial charge in [0, 0.05) is 19.3 Å². The van der Waals surface area contributed by atoms with Crippen LogP contribution in [0, 0.1) is 5.92 Å². The Kier molecular flexibility index (Phi) is 29.6. The molecule has 0 radical (unpaired) electrons. The molecule has 42 heavy (non-hydrogen) atoms. The summed E-state index contributed by atoms with van der Waals surface area (Å²) in [6, 6.07) is 0. The van der Waals surface area contributed by atoms with E-state index < -0.39 is 5.97 Å². The van der Waals surface area contributed by atoms with Crippen molar-refractivity contribution in [3.8, 4) is 0 Å². The van der Waals surface area contributed by atoms with Crippen molar-refractivity contribution >= 4 is 17.9 Å². The van der Waals surface area contributed by atoms with Crippen LogP contribution in [-0.4, -0.2) is 49.3 Å². The molecule has 0 aliphatic carbocycles. The first kappa shape index (κ1) is 40.4. The van der Waals surface area contributed by atoms with E-state index in [1.54, 1.807) is 0 Å². The first-order valence-electron chi connectivity index (χ1n) is 17.6. The fourth-order valence-corrected chi connectivity index (χ4v) is 5.48. The molecule has 0 bridgehead atoms. The highest BCUT2D eigenvalue weighted by atomic mass is 16.5. The van der Waals surface area contributed by atoms with E-state index in [0.717, 1.165) is 96.4 Å². The summed E-state index contributed by atoms with van der Waals surface area (Å²) < 4.78 is 11.4. The van der Waals surface area contributed by atoms with E-state index in [1.165, 1.54) is 51.4 Å². The molecular formula is C35H67NO6. The first-order valence-corrected chi connectivity index (χ1v) is 17.6. The van der Waals surface area contributed by atoms with Crippen LogP contribution in [0.25, 0.3) is 0 Å². The molecule has 1 unspecified atom stereocenters. The second-order valence-electron chi connectivity index (χ2n) is 12.2. The van der Waals surface area contributed by atoms with Gasteiger partial charge in [-0.15, -0.1) is 0 Å². The Labute approximate surface area is 258 Å². The average molecular weight is 598 g/mol. The lowest BCUT2D eigenvalue weighted by molar-refractivity contribution is -0.150. The molecule has 0 amide bonds. The number of esters is 2. The minimum Gasteiger partial charge on any atom is -0.481 e. The molecule has 0 aliphatic rings. The molecular weight excluding hydrogens is 530 g/mol. The summed E-state index contributed by atoms with van der Waals surface area (Å²) in [6.45, 7) is 5.87. The molecule has 248 valence electrons. The Bertz CT molecular complexity index is 631. The zero-order valence-electron chi connectivity index (χ0n) is 27.7. The molecule has 0 spiro atoms. The van der Waals surface area contributed by atoms with Gasteiger partial charge in [0.15, 0.2) is 0 Å². The van der Waals surface area contributed by atoms with Gasteiger partial charge in [-0.3, -0.25) is 14.4 Å². The van der Waals surface area contributed by atoms with E-state index in [2.05, 4.69) is 19.2 Å².